The van der Waals surface area contributed by atoms with Gasteiger partial charge in [-0.15, -0.1) is 13.2 Å². The molecule has 0 saturated carbocycles. The van der Waals surface area contributed by atoms with Crippen LogP contribution in [0.2, 0.25) is 0 Å². The van der Waals surface area contributed by atoms with Gasteiger partial charge in [0.05, 0.1) is 0 Å². The van der Waals surface area contributed by atoms with Gasteiger partial charge < -0.3 is 9.64 Å². The van der Waals surface area contributed by atoms with E-state index in [0.29, 0.717) is 0 Å². The Bertz CT molecular complexity index is 596. The lowest BCUT2D eigenvalue weighted by atomic mass is 9.97. The number of hydrogen-bond donors (Lipinski definition) is 0. The largest absolute Gasteiger partial charge is 0.573 e. The zero-order valence-electron chi connectivity index (χ0n) is 11.9. The van der Waals surface area contributed by atoms with Crippen LogP contribution in [0.1, 0.15) is 36.0 Å². The number of hydrogen-bond acceptors (Lipinski definition) is 2. The summed E-state index contributed by atoms with van der Waals surface area (Å²) in [5.74, 6) is -0.597. The molecule has 2 aliphatic heterocycles. The first-order chi connectivity index (χ1) is 10.3. The molecule has 0 aromatic heterocycles. The summed E-state index contributed by atoms with van der Waals surface area (Å²) in [4.78, 5) is 14.5. The first kappa shape index (κ1) is 14.9. The molecule has 22 heavy (non-hydrogen) atoms. The second-order valence-corrected chi connectivity index (χ2v) is 5.83. The Labute approximate surface area is 126 Å². The molecule has 0 radical (unpaired) electrons. The van der Waals surface area contributed by atoms with Crippen molar-refractivity contribution in [2.75, 3.05) is 0 Å². The van der Waals surface area contributed by atoms with Crippen molar-refractivity contribution < 1.29 is 22.7 Å². The lowest BCUT2D eigenvalue weighted by Crippen LogP contribution is -2.44. The number of halogens is 3. The molecule has 2 bridgehead atoms. The Kier molecular flexibility index (Phi) is 3.62. The van der Waals surface area contributed by atoms with Crippen LogP contribution >= 0.6 is 0 Å². The molecule has 3 nitrogen and oxygen atoms in total. The van der Waals surface area contributed by atoms with Crippen LogP contribution in [0.3, 0.4) is 0 Å². The Balaban J connectivity index is 1.81. The predicted octanol–water partition coefficient (Wildman–Crippen LogP) is 3.91. The molecular weight excluding hydrogens is 295 g/mol. The highest BCUT2D eigenvalue weighted by Crippen LogP contribution is 2.38. The van der Waals surface area contributed by atoms with Gasteiger partial charge in [0.15, 0.2) is 0 Å². The SMILES string of the molecule is C=C1CC2CCC(C1)N2C(=O)c1cccc(OC(F)(F)F)c1. The highest BCUT2D eigenvalue weighted by Gasteiger charge is 2.41. The topological polar surface area (TPSA) is 29.5 Å². The summed E-state index contributed by atoms with van der Waals surface area (Å²) >= 11 is 0. The van der Waals surface area contributed by atoms with Gasteiger partial charge in [-0.1, -0.05) is 18.2 Å². The van der Waals surface area contributed by atoms with E-state index in [0.717, 1.165) is 37.3 Å². The van der Waals surface area contributed by atoms with Crippen molar-refractivity contribution in [3.8, 4) is 5.75 Å². The van der Waals surface area contributed by atoms with Crippen molar-refractivity contribution in [3.05, 3.63) is 42.0 Å². The molecule has 2 heterocycles. The summed E-state index contributed by atoms with van der Waals surface area (Å²) in [6.07, 6.45) is -1.35. The minimum atomic E-state index is -4.76. The average Bonchev–Trinajstić information content (AvgIpc) is 2.68. The highest BCUT2D eigenvalue weighted by molar-refractivity contribution is 5.95. The monoisotopic (exact) mass is 311 g/mol. The molecule has 1 aromatic carbocycles. The van der Waals surface area contributed by atoms with Gasteiger partial charge in [0.2, 0.25) is 0 Å². The minimum absolute atomic E-state index is 0.117. The quantitative estimate of drug-likeness (QED) is 0.775. The number of piperidine rings is 1. The van der Waals surface area contributed by atoms with Crippen molar-refractivity contribution in [1.29, 1.82) is 0 Å². The number of nitrogens with zero attached hydrogens (tertiary/aromatic N) is 1. The maximum atomic E-state index is 12.6. The number of carbonyl (C=O) groups is 1. The van der Waals surface area contributed by atoms with Crippen LogP contribution in [0.5, 0.6) is 5.75 Å². The van der Waals surface area contributed by atoms with E-state index in [-0.39, 0.29) is 29.3 Å². The van der Waals surface area contributed by atoms with Gasteiger partial charge in [-0.25, -0.2) is 0 Å². The molecule has 2 atom stereocenters. The lowest BCUT2D eigenvalue weighted by Gasteiger charge is -2.36. The Morgan fingerprint density at radius 2 is 1.86 bits per heavy atom. The smallest absolute Gasteiger partial charge is 0.406 e. The molecule has 6 heteroatoms. The second kappa shape index (κ2) is 5.34. The molecule has 1 amide bonds. The number of rotatable bonds is 2. The van der Waals surface area contributed by atoms with Crippen molar-refractivity contribution >= 4 is 5.91 Å². The molecule has 0 N–H and O–H groups in total. The van der Waals surface area contributed by atoms with E-state index in [4.69, 9.17) is 0 Å². The van der Waals surface area contributed by atoms with E-state index in [2.05, 4.69) is 11.3 Å². The van der Waals surface area contributed by atoms with Crippen LogP contribution in [0.15, 0.2) is 36.4 Å². The number of fused-ring (bicyclic) bond motifs is 2. The third-order valence-electron chi connectivity index (χ3n) is 4.22. The number of alkyl halides is 3. The fraction of sp³-hybridized carbons (Fsp3) is 0.438. The zero-order valence-corrected chi connectivity index (χ0v) is 11.9. The van der Waals surface area contributed by atoms with Crippen LogP contribution in [0, 0.1) is 0 Å². The third kappa shape index (κ3) is 2.96. The summed E-state index contributed by atoms with van der Waals surface area (Å²) in [5.41, 5.74) is 1.37. The normalized spacial score (nSPS) is 24.5. The number of ether oxygens (including phenoxy) is 1. The predicted molar refractivity (Wildman–Crippen MR) is 74.5 cm³/mol. The first-order valence-electron chi connectivity index (χ1n) is 7.18. The molecule has 3 rings (SSSR count). The average molecular weight is 311 g/mol. The molecule has 2 saturated heterocycles. The van der Waals surface area contributed by atoms with Gasteiger partial charge in [0, 0.05) is 17.6 Å². The van der Waals surface area contributed by atoms with Gasteiger partial charge in [0.25, 0.3) is 5.91 Å². The van der Waals surface area contributed by atoms with E-state index >= 15 is 0 Å². The first-order valence-corrected chi connectivity index (χ1v) is 7.18. The Hall–Kier alpha value is -1.98. The van der Waals surface area contributed by atoms with Gasteiger partial charge in [-0.05, 0) is 43.9 Å². The maximum absolute atomic E-state index is 12.6. The Morgan fingerprint density at radius 3 is 2.45 bits per heavy atom. The summed E-state index contributed by atoms with van der Waals surface area (Å²) in [6.45, 7) is 3.99. The molecule has 118 valence electrons. The van der Waals surface area contributed by atoms with Crippen LogP contribution in [-0.2, 0) is 0 Å². The van der Waals surface area contributed by atoms with Gasteiger partial charge in [0.1, 0.15) is 5.75 Å². The fourth-order valence-corrected chi connectivity index (χ4v) is 3.42. The highest BCUT2D eigenvalue weighted by atomic mass is 19.4. The maximum Gasteiger partial charge on any atom is 0.573 e. The fourth-order valence-electron chi connectivity index (χ4n) is 3.42. The molecule has 2 fully saturated rings. The van der Waals surface area contributed by atoms with Crippen LogP contribution in [0.25, 0.3) is 0 Å². The summed E-state index contributed by atoms with van der Waals surface area (Å²) in [6, 6.07) is 5.50. The van der Waals surface area contributed by atoms with Crippen molar-refractivity contribution in [3.63, 3.8) is 0 Å². The van der Waals surface area contributed by atoms with Crippen molar-refractivity contribution in [2.45, 2.75) is 44.1 Å². The van der Waals surface area contributed by atoms with Gasteiger partial charge in [-0.2, -0.15) is 0 Å². The minimum Gasteiger partial charge on any atom is -0.406 e. The number of benzene rings is 1. The van der Waals surface area contributed by atoms with Crippen LogP contribution < -0.4 is 4.74 Å². The van der Waals surface area contributed by atoms with Gasteiger partial charge in [-0.3, -0.25) is 4.79 Å². The van der Waals surface area contributed by atoms with Gasteiger partial charge >= 0.3 is 6.36 Å². The van der Waals surface area contributed by atoms with E-state index in [1.54, 1.807) is 4.90 Å². The lowest BCUT2D eigenvalue weighted by molar-refractivity contribution is -0.274. The van der Waals surface area contributed by atoms with Crippen LogP contribution in [0.4, 0.5) is 13.2 Å². The number of carbonyl (C=O) groups excluding carboxylic acids is 1. The second-order valence-electron chi connectivity index (χ2n) is 5.83. The molecule has 0 spiro atoms. The van der Waals surface area contributed by atoms with E-state index in [1.165, 1.54) is 18.2 Å². The zero-order chi connectivity index (χ0) is 15.9. The van der Waals surface area contributed by atoms with E-state index < -0.39 is 6.36 Å². The van der Waals surface area contributed by atoms with Crippen molar-refractivity contribution in [1.82, 2.24) is 4.90 Å². The van der Waals surface area contributed by atoms with E-state index in [1.807, 2.05) is 0 Å². The van der Waals surface area contributed by atoms with Crippen LogP contribution in [-0.4, -0.2) is 29.3 Å². The molecule has 1 aromatic rings. The molecular formula is C16H16F3NO2. The molecule has 2 unspecified atom stereocenters. The standard InChI is InChI=1S/C16H16F3NO2/c1-10-7-12-5-6-13(8-10)20(12)15(21)11-3-2-4-14(9-11)22-16(17,18)19/h2-4,9,12-13H,1,5-8H2. The Morgan fingerprint density at radius 1 is 1.23 bits per heavy atom. The summed E-state index contributed by atoms with van der Waals surface area (Å²) in [7, 11) is 0. The number of amides is 1. The third-order valence-corrected chi connectivity index (χ3v) is 4.22. The molecule has 2 aliphatic rings. The summed E-state index contributed by atoms with van der Waals surface area (Å²) < 4.78 is 40.7. The van der Waals surface area contributed by atoms with E-state index in [9.17, 15) is 18.0 Å². The molecule has 0 aliphatic carbocycles. The van der Waals surface area contributed by atoms with Crippen molar-refractivity contribution in [2.24, 2.45) is 0 Å². The summed E-state index contributed by atoms with van der Waals surface area (Å²) in [5, 5.41) is 0.